The van der Waals surface area contributed by atoms with Crippen molar-refractivity contribution >= 4 is 0 Å². The minimum Gasteiger partial charge on any atom is -0.491 e. The maximum absolute atomic E-state index is 10.8. The van der Waals surface area contributed by atoms with Crippen LogP contribution in [0.15, 0.2) is 24.4 Å². The Hall–Kier alpha value is -1.85. The lowest BCUT2D eigenvalue weighted by Crippen LogP contribution is -2.47. The summed E-state index contributed by atoms with van der Waals surface area (Å²) in [5, 5.41) is 17.8. The smallest absolute Gasteiger partial charge is 0.119 e. The highest BCUT2D eigenvalue weighted by Gasteiger charge is 2.33. The lowest BCUT2D eigenvalue weighted by atomic mass is 9.92. The Morgan fingerprint density at radius 1 is 1.21 bits per heavy atom. The first kappa shape index (κ1) is 17.0. The first-order valence-corrected chi connectivity index (χ1v) is 8.59. The fourth-order valence-corrected chi connectivity index (χ4v) is 3.07. The Balaban J connectivity index is 1.51. The molecule has 0 radical (unpaired) electrons. The Morgan fingerprint density at radius 3 is 2.58 bits per heavy atom. The molecule has 5 nitrogen and oxygen atoms in total. The number of benzene rings is 1. The number of rotatable bonds is 5. The van der Waals surface area contributed by atoms with Crippen molar-refractivity contribution in [3.05, 3.63) is 46.8 Å². The van der Waals surface area contributed by atoms with Crippen molar-refractivity contribution in [2.24, 2.45) is 0 Å². The molecule has 24 heavy (non-hydrogen) atoms. The van der Waals surface area contributed by atoms with Gasteiger partial charge in [0.1, 0.15) is 18.0 Å². The molecule has 1 aliphatic rings. The highest BCUT2D eigenvalue weighted by molar-refractivity contribution is 5.33. The summed E-state index contributed by atoms with van der Waals surface area (Å²) in [5.41, 5.74) is 4.08. The molecule has 0 bridgehead atoms. The molecule has 130 valence electrons. The predicted octanol–water partition coefficient (Wildman–Crippen LogP) is 2.74. The molecule has 5 heteroatoms. The lowest BCUT2D eigenvalue weighted by Gasteiger charge is -2.37. The number of piperidine rings is 1. The normalized spacial score (nSPS) is 17.8. The van der Waals surface area contributed by atoms with E-state index in [9.17, 15) is 5.11 Å². The van der Waals surface area contributed by atoms with Crippen LogP contribution in [0.5, 0.6) is 5.75 Å². The molecule has 1 aliphatic heterocycles. The Labute approximate surface area is 143 Å². The molecule has 0 aliphatic carbocycles. The van der Waals surface area contributed by atoms with Crippen molar-refractivity contribution in [3.63, 3.8) is 0 Å². The number of likely N-dealkylation sites (tertiary alicyclic amines) is 1. The van der Waals surface area contributed by atoms with E-state index in [2.05, 4.69) is 35.0 Å². The van der Waals surface area contributed by atoms with Crippen molar-refractivity contribution in [3.8, 4) is 5.75 Å². The van der Waals surface area contributed by atoms with Crippen LogP contribution in [0.3, 0.4) is 0 Å². The number of hydrogen-bond donors (Lipinski definition) is 2. The van der Waals surface area contributed by atoms with Crippen molar-refractivity contribution in [1.82, 2.24) is 15.1 Å². The van der Waals surface area contributed by atoms with Gasteiger partial charge >= 0.3 is 0 Å². The fraction of sp³-hybridized carbons (Fsp3) is 0.526. The lowest BCUT2D eigenvalue weighted by molar-refractivity contribution is -0.0537. The summed E-state index contributed by atoms with van der Waals surface area (Å²) >= 11 is 0. The van der Waals surface area contributed by atoms with E-state index >= 15 is 0 Å². The topological polar surface area (TPSA) is 61.4 Å². The van der Waals surface area contributed by atoms with E-state index < -0.39 is 5.60 Å². The number of hydrogen-bond acceptors (Lipinski definition) is 4. The van der Waals surface area contributed by atoms with Gasteiger partial charge in [0.05, 0.1) is 6.20 Å². The summed E-state index contributed by atoms with van der Waals surface area (Å²) in [7, 11) is 0. The molecule has 0 atom stereocenters. The van der Waals surface area contributed by atoms with Crippen molar-refractivity contribution in [1.29, 1.82) is 0 Å². The molecular formula is C19H27N3O2. The molecule has 2 aromatic rings. The van der Waals surface area contributed by atoms with Gasteiger partial charge in [0.15, 0.2) is 0 Å². The molecule has 0 unspecified atom stereocenters. The molecule has 1 aromatic heterocycles. The van der Waals surface area contributed by atoms with E-state index in [1.807, 2.05) is 25.3 Å². The quantitative estimate of drug-likeness (QED) is 0.885. The summed E-state index contributed by atoms with van der Waals surface area (Å²) in [5.74, 6) is 0.836. The molecule has 2 heterocycles. The van der Waals surface area contributed by atoms with Crippen molar-refractivity contribution < 1.29 is 9.84 Å². The van der Waals surface area contributed by atoms with Gasteiger partial charge in [0.25, 0.3) is 0 Å². The summed E-state index contributed by atoms with van der Waals surface area (Å²) in [6.07, 6.45) is 3.35. The molecule has 0 saturated carbocycles. The van der Waals surface area contributed by atoms with Gasteiger partial charge in [-0.2, -0.15) is 5.10 Å². The van der Waals surface area contributed by atoms with Crippen LogP contribution in [0.2, 0.25) is 0 Å². The Kier molecular flexibility index (Phi) is 4.92. The van der Waals surface area contributed by atoms with Crippen LogP contribution >= 0.6 is 0 Å². The molecule has 1 fully saturated rings. The molecule has 3 rings (SSSR count). The number of aromatic amines is 1. The van der Waals surface area contributed by atoms with Crippen molar-refractivity contribution in [2.45, 2.75) is 45.8 Å². The second-order valence-electron chi connectivity index (χ2n) is 7.06. The Morgan fingerprint density at radius 2 is 1.96 bits per heavy atom. The number of nitrogens with one attached hydrogen (secondary N) is 1. The molecule has 0 amide bonds. The molecular weight excluding hydrogens is 302 g/mol. The molecule has 2 N–H and O–H groups in total. The van der Waals surface area contributed by atoms with E-state index in [0.29, 0.717) is 6.61 Å². The highest BCUT2D eigenvalue weighted by atomic mass is 16.5. The Bertz CT molecular complexity index is 688. The molecule has 1 saturated heterocycles. The first-order chi connectivity index (χ1) is 11.5. The minimum atomic E-state index is -0.735. The van der Waals surface area contributed by atoms with E-state index in [1.165, 1.54) is 16.7 Å². The maximum Gasteiger partial charge on any atom is 0.119 e. The van der Waals surface area contributed by atoms with Gasteiger partial charge in [-0.1, -0.05) is 6.07 Å². The van der Waals surface area contributed by atoms with Crippen LogP contribution in [0.4, 0.5) is 0 Å². The van der Waals surface area contributed by atoms with Gasteiger partial charge in [-0.3, -0.25) is 10.00 Å². The largest absolute Gasteiger partial charge is 0.491 e. The van der Waals surface area contributed by atoms with Crippen LogP contribution < -0.4 is 4.74 Å². The fourth-order valence-electron chi connectivity index (χ4n) is 3.07. The van der Waals surface area contributed by atoms with E-state index in [1.54, 1.807) is 0 Å². The highest BCUT2D eigenvalue weighted by Crippen LogP contribution is 2.25. The second-order valence-corrected chi connectivity index (χ2v) is 7.06. The third-order valence-electron chi connectivity index (χ3n) is 5.10. The van der Waals surface area contributed by atoms with Crippen LogP contribution in [0.1, 0.15) is 35.2 Å². The minimum absolute atomic E-state index is 0.355. The second kappa shape index (κ2) is 6.95. The molecule has 1 aromatic carbocycles. The maximum atomic E-state index is 10.8. The summed E-state index contributed by atoms with van der Waals surface area (Å²) in [4.78, 5) is 2.36. The van der Waals surface area contributed by atoms with Gasteiger partial charge in [-0.15, -0.1) is 0 Å². The number of aryl methyl sites for hydroxylation is 3. The number of H-pyrrole nitrogens is 1. The average Bonchev–Trinajstić information content (AvgIpc) is 2.96. The average molecular weight is 329 g/mol. The van der Waals surface area contributed by atoms with Gasteiger partial charge in [0.2, 0.25) is 0 Å². The van der Waals surface area contributed by atoms with E-state index in [0.717, 1.165) is 43.9 Å². The van der Waals surface area contributed by atoms with Crippen LogP contribution in [-0.2, 0) is 6.54 Å². The zero-order chi connectivity index (χ0) is 17.2. The summed E-state index contributed by atoms with van der Waals surface area (Å²) < 4.78 is 5.86. The van der Waals surface area contributed by atoms with Gasteiger partial charge < -0.3 is 9.84 Å². The predicted molar refractivity (Wildman–Crippen MR) is 94.2 cm³/mol. The zero-order valence-electron chi connectivity index (χ0n) is 14.8. The number of aliphatic hydroxyl groups is 1. The number of aromatic nitrogens is 2. The van der Waals surface area contributed by atoms with Crippen LogP contribution in [0.25, 0.3) is 0 Å². The number of ether oxygens (including phenoxy) is 1. The monoisotopic (exact) mass is 329 g/mol. The van der Waals surface area contributed by atoms with Crippen LogP contribution in [-0.4, -0.2) is 45.5 Å². The summed E-state index contributed by atoms with van der Waals surface area (Å²) in [6, 6.07) is 6.07. The zero-order valence-corrected chi connectivity index (χ0v) is 14.8. The third kappa shape index (κ3) is 3.97. The van der Waals surface area contributed by atoms with Crippen LogP contribution in [0, 0.1) is 20.8 Å². The third-order valence-corrected chi connectivity index (χ3v) is 5.10. The standard InChI is InChI=1S/C19H27N3O2/c1-14-4-5-18(10-15(14)2)24-13-19(23)6-8-22(9-7-19)12-17-11-20-21-16(17)3/h4-5,10-11,23H,6-9,12-13H2,1-3H3,(H,20,21). The number of nitrogens with zero attached hydrogens (tertiary/aromatic N) is 2. The van der Waals surface area contributed by atoms with Gasteiger partial charge in [-0.25, -0.2) is 0 Å². The molecule has 0 spiro atoms. The van der Waals surface area contributed by atoms with E-state index in [4.69, 9.17) is 4.74 Å². The van der Waals surface area contributed by atoms with Crippen molar-refractivity contribution in [2.75, 3.05) is 19.7 Å². The SMILES string of the molecule is Cc1ccc(OCC2(O)CCN(Cc3cn[nH]c3C)CC2)cc1C. The summed E-state index contributed by atoms with van der Waals surface area (Å²) in [6.45, 7) is 9.19. The van der Waals surface area contributed by atoms with Gasteiger partial charge in [0, 0.05) is 30.9 Å². The van der Waals surface area contributed by atoms with Gasteiger partial charge in [-0.05, 0) is 56.9 Å². The van der Waals surface area contributed by atoms with E-state index in [-0.39, 0.29) is 0 Å². The first-order valence-electron chi connectivity index (χ1n) is 8.59.